The van der Waals surface area contributed by atoms with E-state index in [9.17, 15) is 13.5 Å². The molecule has 1 fully saturated rings. The number of nitrogens with one attached hydrogen (secondary N) is 1. The van der Waals surface area contributed by atoms with Gasteiger partial charge in [-0.2, -0.15) is 9.40 Å². The molecule has 1 aromatic rings. The van der Waals surface area contributed by atoms with E-state index in [0.29, 0.717) is 32.4 Å². The van der Waals surface area contributed by atoms with Gasteiger partial charge in [0.05, 0.1) is 11.8 Å². The SMILES string of the molecule is CC1(O)CCCN(S(=O)(=O)c2cn[nH]c2N)CC1. The molecule has 0 saturated carbocycles. The van der Waals surface area contributed by atoms with Crippen LogP contribution >= 0.6 is 0 Å². The van der Waals surface area contributed by atoms with E-state index < -0.39 is 15.6 Å². The summed E-state index contributed by atoms with van der Waals surface area (Å²) in [6.45, 7) is 2.42. The zero-order valence-electron chi connectivity index (χ0n) is 10.3. The second-order valence-electron chi connectivity index (χ2n) is 4.90. The molecule has 18 heavy (non-hydrogen) atoms. The highest BCUT2D eigenvalue weighted by Crippen LogP contribution is 2.26. The topological polar surface area (TPSA) is 112 Å². The monoisotopic (exact) mass is 274 g/mol. The Kier molecular flexibility index (Phi) is 3.35. The Hall–Kier alpha value is -1.12. The molecule has 1 aliphatic rings. The highest BCUT2D eigenvalue weighted by Gasteiger charge is 2.33. The van der Waals surface area contributed by atoms with Crippen molar-refractivity contribution in [1.29, 1.82) is 0 Å². The fourth-order valence-corrected chi connectivity index (χ4v) is 3.60. The van der Waals surface area contributed by atoms with Gasteiger partial charge >= 0.3 is 0 Å². The predicted octanol–water partition coefficient (Wildman–Crippen LogP) is -0.0825. The number of nitrogen functional groups attached to an aromatic ring is 1. The van der Waals surface area contributed by atoms with Crippen molar-refractivity contribution in [3.63, 3.8) is 0 Å². The van der Waals surface area contributed by atoms with Crippen molar-refractivity contribution in [2.75, 3.05) is 18.8 Å². The van der Waals surface area contributed by atoms with Gasteiger partial charge in [0.25, 0.3) is 0 Å². The van der Waals surface area contributed by atoms with Gasteiger partial charge in [-0.1, -0.05) is 0 Å². The van der Waals surface area contributed by atoms with Crippen LogP contribution in [-0.2, 0) is 10.0 Å². The molecule has 8 heteroatoms. The lowest BCUT2D eigenvalue weighted by Crippen LogP contribution is -2.33. The average molecular weight is 274 g/mol. The van der Waals surface area contributed by atoms with Crippen molar-refractivity contribution in [3.8, 4) is 0 Å². The summed E-state index contributed by atoms with van der Waals surface area (Å²) in [7, 11) is -3.62. The van der Waals surface area contributed by atoms with E-state index in [1.807, 2.05) is 0 Å². The van der Waals surface area contributed by atoms with Gasteiger partial charge in [0.15, 0.2) is 0 Å². The van der Waals surface area contributed by atoms with E-state index in [0.717, 1.165) is 0 Å². The standard InChI is InChI=1S/C10H18N4O3S/c1-10(15)3-2-5-14(6-4-10)18(16,17)8-7-12-13-9(8)11/h7,15H,2-6H2,1H3,(H3,11,12,13). The molecule has 1 unspecified atom stereocenters. The number of aromatic amines is 1. The molecule has 0 bridgehead atoms. The van der Waals surface area contributed by atoms with Crippen molar-refractivity contribution in [3.05, 3.63) is 6.20 Å². The number of nitrogens with zero attached hydrogens (tertiary/aromatic N) is 2. The molecular weight excluding hydrogens is 256 g/mol. The van der Waals surface area contributed by atoms with Crippen LogP contribution in [0, 0.1) is 0 Å². The summed E-state index contributed by atoms with van der Waals surface area (Å²) in [6, 6.07) is 0. The van der Waals surface area contributed by atoms with Gasteiger partial charge in [0.1, 0.15) is 10.7 Å². The molecule has 0 aliphatic carbocycles. The second-order valence-corrected chi connectivity index (χ2v) is 6.81. The van der Waals surface area contributed by atoms with E-state index in [-0.39, 0.29) is 10.7 Å². The molecule has 1 aromatic heterocycles. The predicted molar refractivity (Wildman–Crippen MR) is 66.2 cm³/mol. The normalized spacial score (nSPS) is 27.0. The third-order valence-electron chi connectivity index (χ3n) is 3.27. The first kappa shape index (κ1) is 13.3. The van der Waals surface area contributed by atoms with Crippen molar-refractivity contribution in [2.45, 2.75) is 36.7 Å². The maximum Gasteiger partial charge on any atom is 0.248 e. The number of hydrogen-bond donors (Lipinski definition) is 3. The van der Waals surface area contributed by atoms with Crippen LogP contribution in [0.5, 0.6) is 0 Å². The summed E-state index contributed by atoms with van der Waals surface area (Å²) < 4.78 is 26.0. The first-order chi connectivity index (χ1) is 8.33. The lowest BCUT2D eigenvalue weighted by Gasteiger charge is -2.21. The molecule has 0 radical (unpaired) electrons. The number of nitrogens with two attached hydrogens (primary N) is 1. The van der Waals surface area contributed by atoms with Gasteiger partial charge in [-0.15, -0.1) is 0 Å². The molecule has 1 aliphatic heterocycles. The number of aromatic nitrogens is 2. The van der Waals surface area contributed by atoms with Crippen molar-refractivity contribution in [2.24, 2.45) is 0 Å². The smallest absolute Gasteiger partial charge is 0.248 e. The molecule has 0 amide bonds. The molecule has 2 rings (SSSR count). The summed E-state index contributed by atoms with van der Waals surface area (Å²) in [5, 5.41) is 16.0. The fraction of sp³-hybridized carbons (Fsp3) is 0.700. The Bertz CT molecular complexity index is 523. The minimum Gasteiger partial charge on any atom is -0.390 e. The number of rotatable bonds is 2. The van der Waals surface area contributed by atoms with Crippen LogP contribution in [0.4, 0.5) is 5.82 Å². The average Bonchev–Trinajstić information content (AvgIpc) is 2.60. The Morgan fingerprint density at radius 3 is 2.83 bits per heavy atom. The number of sulfonamides is 1. The van der Waals surface area contributed by atoms with Crippen LogP contribution in [0.2, 0.25) is 0 Å². The largest absolute Gasteiger partial charge is 0.390 e. The van der Waals surface area contributed by atoms with E-state index in [1.54, 1.807) is 6.92 Å². The third-order valence-corrected chi connectivity index (χ3v) is 5.20. The number of hydrogen-bond acceptors (Lipinski definition) is 5. The Morgan fingerprint density at radius 2 is 2.22 bits per heavy atom. The first-order valence-corrected chi connectivity index (χ1v) is 7.28. The van der Waals surface area contributed by atoms with Crippen LogP contribution in [0.25, 0.3) is 0 Å². The van der Waals surface area contributed by atoms with Gasteiger partial charge in [0, 0.05) is 13.1 Å². The number of anilines is 1. The first-order valence-electron chi connectivity index (χ1n) is 5.84. The second kappa shape index (κ2) is 4.52. The summed E-state index contributed by atoms with van der Waals surface area (Å²) in [6.07, 6.45) is 2.86. The van der Waals surface area contributed by atoms with Crippen molar-refractivity contribution < 1.29 is 13.5 Å². The van der Waals surface area contributed by atoms with Gasteiger partial charge in [-0.05, 0) is 26.2 Å². The molecule has 2 heterocycles. The lowest BCUT2D eigenvalue weighted by molar-refractivity contribution is 0.0465. The molecule has 0 spiro atoms. The molecule has 4 N–H and O–H groups in total. The number of aliphatic hydroxyl groups is 1. The quantitative estimate of drug-likeness (QED) is 0.698. The lowest BCUT2D eigenvalue weighted by atomic mass is 9.98. The van der Waals surface area contributed by atoms with E-state index in [2.05, 4.69) is 10.2 Å². The van der Waals surface area contributed by atoms with Crippen LogP contribution in [-0.4, -0.2) is 46.7 Å². The minimum absolute atomic E-state index is 0.00374. The van der Waals surface area contributed by atoms with Crippen LogP contribution in [0.15, 0.2) is 11.1 Å². The Labute approximate surface area is 106 Å². The van der Waals surface area contributed by atoms with Gasteiger partial charge in [-0.25, -0.2) is 8.42 Å². The maximum absolute atomic E-state index is 12.3. The Morgan fingerprint density at radius 1 is 1.50 bits per heavy atom. The Balaban J connectivity index is 2.24. The fourth-order valence-electron chi connectivity index (χ4n) is 2.11. The zero-order valence-corrected chi connectivity index (χ0v) is 11.1. The highest BCUT2D eigenvalue weighted by molar-refractivity contribution is 7.89. The summed E-state index contributed by atoms with van der Waals surface area (Å²) in [5.74, 6) is 0.0472. The van der Waals surface area contributed by atoms with Crippen molar-refractivity contribution >= 4 is 15.8 Å². The minimum atomic E-state index is -3.62. The molecule has 1 atom stereocenters. The molecular formula is C10H18N4O3S. The van der Waals surface area contributed by atoms with Crippen LogP contribution in [0.3, 0.4) is 0 Å². The van der Waals surface area contributed by atoms with Crippen LogP contribution in [0.1, 0.15) is 26.2 Å². The van der Waals surface area contributed by atoms with Crippen molar-refractivity contribution in [1.82, 2.24) is 14.5 Å². The zero-order chi connectivity index (χ0) is 13.4. The third kappa shape index (κ3) is 2.50. The summed E-state index contributed by atoms with van der Waals surface area (Å²) in [4.78, 5) is 0.00374. The van der Waals surface area contributed by atoms with E-state index >= 15 is 0 Å². The van der Waals surface area contributed by atoms with Gasteiger partial charge in [0.2, 0.25) is 10.0 Å². The summed E-state index contributed by atoms with van der Waals surface area (Å²) in [5.41, 5.74) is 4.75. The van der Waals surface area contributed by atoms with E-state index in [1.165, 1.54) is 10.5 Å². The molecule has 0 aromatic carbocycles. The van der Waals surface area contributed by atoms with E-state index in [4.69, 9.17) is 5.73 Å². The van der Waals surface area contributed by atoms with Crippen LogP contribution < -0.4 is 5.73 Å². The van der Waals surface area contributed by atoms with Gasteiger partial charge in [-0.3, -0.25) is 5.10 Å². The summed E-state index contributed by atoms with van der Waals surface area (Å²) >= 11 is 0. The highest BCUT2D eigenvalue weighted by atomic mass is 32.2. The number of H-pyrrole nitrogens is 1. The molecule has 7 nitrogen and oxygen atoms in total. The molecule has 102 valence electrons. The maximum atomic E-state index is 12.3. The van der Waals surface area contributed by atoms with Gasteiger partial charge < -0.3 is 10.8 Å². The molecule has 1 saturated heterocycles.